The van der Waals surface area contributed by atoms with Gasteiger partial charge in [-0.2, -0.15) is 0 Å². The molecule has 50 heavy (non-hydrogen) atoms. The molecular formula is C48H32N2. The number of aromatic nitrogens is 2. The Morgan fingerprint density at radius 2 is 0.580 bits per heavy atom. The fourth-order valence-electron chi connectivity index (χ4n) is 7.77. The molecule has 8 aromatic carbocycles. The minimum atomic E-state index is 1.15. The van der Waals surface area contributed by atoms with Crippen molar-refractivity contribution in [3.8, 4) is 44.8 Å². The van der Waals surface area contributed by atoms with Gasteiger partial charge in [0.05, 0.1) is 22.1 Å². The topological polar surface area (TPSA) is 9.86 Å². The SMILES string of the molecule is c1ccc(-c2cc(-c3ccccc3)cc(-c3ccc(-n4c5ccccc5c5cc(-n6c7ccccc7c7ccccc76)ccc54)cc3)c2)cc1. The van der Waals surface area contributed by atoms with E-state index in [2.05, 4.69) is 203 Å². The fraction of sp³-hybridized carbons (Fsp3) is 0. The van der Waals surface area contributed by atoms with E-state index in [0.717, 1.165) is 5.69 Å². The first-order chi connectivity index (χ1) is 24.8. The zero-order valence-corrected chi connectivity index (χ0v) is 27.4. The van der Waals surface area contributed by atoms with Gasteiger partial charge in [0.25, 0.3) is 0 Å². The molecule has 2 heteroatoms. The predicted molar refractivity (Wildman–Crippen MR) is 211 cm³/mol. The van der Waals surface area contributed by atoms with Crippen LogP contribution in [-0.2, 0) is 0 Å². The summed E-state index contributed by atoms with van der Waals surface area (Å²) in [4.78, 5) is 0. The van der Waals surface area contributed by atoms with Crippen LogP contribution >= 0.6 is 0 Å². The Balaban J connectivity index is 1.11. The van der Waals surface area contributed by atoms with Crippen molar-refractivity contribution < 1.29 is 0 Å². The molecule has 0 bridgehead atoms. The average molecular weight is 637 g/mol. The van der Waals surface area contributed by atoms with Crippen LogP contribution in [0.15, 0.2) is 194 Å². The molecular weight excluding hydrogens is 605 g/mol. The molecule has 0 unspecified atom stereocenters. The van der Waals surface area contributed by atoms with Gasteiger partial charge in [0.15, 0.2) is 0 Å². The van der Waals surface area contributed by atoms with Crippen LogP contribution in [0.5, 0.6) is 0 Å². The summed E-state index contributed by atoms with van der Waals surface area (Å²) >= 11 is 0. The summed E-state index contributed by atoms with van der Waals surface area (Å²) in [6.45, 7) is 0. The van der Waals surface area contributed by atoms with Crippen molar-refractivity contribution in [1.29, 1.82) is 0 Å². The van der Waals surface area contributed by atoms with Gasteiger partial charge in [-0.25, -0.2) is 0 Å². The molecule has 0 atom stereocenters. The number of hydrogen-bond donors (Lipinski definition) is 0. The fourth-order valence-corrected chi connectivity index (χ4v) is 7.77. The first kappa shape index (κ1) is 28.4. The molecule has 0 N–H and O–H groups in total. The predicted octanol–water partition coefficient (Wildman–Crippen LogP) is 12.9. The number of hydrogen-bond acceptors (Lipinski definition) is 0. The van der Waals surface area contributed by atoms with Gasteiger partial charge in [0.1, 0.15) is 0 Å². The minimum absolute atomic E-state index is 1.15. The summed E-state index contributed by atoms with van der Waals surface area (Å²) in [7, 11) is 0. The molecule has 0 aliphatic rings. The van der Waals surface area contributed by atoms with Gasteiger partial charge in [-0.15, -0.1) is 0 Å². The first-order valence-corrected chi connectivity index (χ1v) is 17.2. The Morgan fingerprint density at radius 3 is 1.08 bits per heavy atom. The van der Waals surface area contributed by atoms with Gasteiger partial charge < -0.3 is 9.13 Å². The van der Waals surface area contributed by atoms with Crippen molar-refractivity contribution >= 4 is 43.6 Å². The third kappa shape index (κ3) is 4.57. The van der Waals surface area contributed by atoms with Crippen molar-refractivity contribution in [1.82, 2.24) is 9.13 Å². The second kappa shape index (κ2) is 11.5. The molecule has 0 aliphatic carbocycles. The monoisotopic (exact) mass is 636 g/mol. The highest BCUT2D eigenvalue weighted by atomic mass is 15.0. The molecule has 234 valence electrons. The van der Waals surface area contributed by atoms with Crippen molar-refractivity contribution in [3.63, 3.8) is 0 Å². The molecule has 0 saturated heterocycles. The summed E-state index contributed by atoms with van der Waals surface area (Å²) in [6.07, 6.45) is 0. The van der Waals surface area contributed by atoms with Gasteiger partial charge in [0.2, 0.25) is 0 Å². The summed E-state index contributed by atoms with van der Waals surface area (Å²) in [5, 5.41) is 5.04. The van der Waals surface area contributed by atoms with E-state index >= 15 is 0 Å². The van der Waals surface area contributed by atoms with Crippen LogP contribution in [0.3, 0.4) is 0 Å². The minimum Gasteiger partial charge on any atom is -0.309 e. The molecule has 0 amide bonds. The molecule has 0 aliphatic heterocycles. The van der Waals surface area contributed by atoms with Gasteiger partial charge in [-0.05, 0) is 100 Å². The van der Waals surface area contributed by atoms with Gasteiger partial charge in [-0.1, -0.05) is 127 Å². The zero-order chi connectivity index (χ0) is 33.0. The molecule has 0 fully saturated rings. The highest BCUT2D eigenvalue weighted by Crippen LogP contribution is 2.38. The Labute approximate surface area is 290 Å². The number of nitrogens with zero attached hydrogens (tertiary/aromatic N) is 2. The van der Waals surface area contributed by atoms with Crippen LogP contribution in [-0.4, -0.2) is 9.13 Å². The lowest BCUT2D eigenvalue weighted by Gasteiger charge is -2.13. The van der Waals surface area contributed by atoms with Gasteiger partial charge >= 0.3 is 0 Å². The summed E-state index contributed by atoms with van der Waals surface area (Å²) in [5.74, 6) is 0. The Kier molecular flexibility index (Phi) is 6.53. The van der Waals surface area contributed by atoms with Gasteiger partial charge in [-0.3, -0.25) is 0 Å². The highest BCUT2D eigenvalue weighted by Gasteiger charge is 2.16. The quantitative estimate of drug-likeness (QED) is 0.178. The maximum Gasteiger partial charge on any atom is 0.0542 e. The molecule has 2 nitrogen and oxygen atoms in total. The molecule has 2 heterocycles. The maximum absolute atomic E-state index is 2.40. The zero-order valence-electron chi connectivity index (χ0n) is 27.4. The van der Waals surface area contributed by atoms with Crippen LogP contribution in [0.4, 0.5) is 0 Å². The third-order valence-corrected chi connectivity index (χ3v) is 10.1. The smallest absolute Gasteiger partial charge is 0.0542 e. The molecule has 2 aromatic heterocycles. The second-order valence-electron chi connectivity index (χ2n) is 13.0. The van der Waals surface area contributed by atoms with Crippen molar-refractivity contribution in [2.45, 2.75) is 0 Å². The molecule has 0 radical (unpaired) electrons. The van der Waals surface area contributed by atoms with Crippen molar-refractivity contribution in [2.24, 2.45) is 0 Å². The lowest BCUT2D eigenvalue weighted by atomic mass is 9.93. The standard InChI is InChI=1S/C48H32N2/c1-3-13-33(14-4-1)36-29-37(34-15-5-2-6-16-34)31-38(30-36)35-23-25-39(26-24-35)49-47-22-12-9-19-43(47)44-32-40(27-28-48(44)49)50-45-20-10-7-17-41(45)42-18-8-11-21-46(42)50/h1-32H. The molecule has 10 rings (SSSR count). The summed E-state index contributed by atoms with van der Waals surface area (Å²) < 4.78 is 4.80. The van der Waals surface area contributed by atoms with Crippen LogP contribution in [0.1, 0.15) is 0 Å². The number of fused-ring (bicyclic) bond motifs is 6. The highest BCUT2D eigenvalue weighted by molar-refractivity contribution is 6.12. The van der Waals surface area contributed by atoms with Crippen LogP contribution < -0.4 is 0 Å². The Hall–Kier alpha value is -6.64. The van der Waals surface area contributed by atoms with Crippen LogP contribution in [0.25, 0.3) is 88.4 Å². The summed E-state index contributed by atoms with van der Waals surface area (Å²) in [5.41, 5.74) is 14.4. The lowest BCUT2D eigenvalue weighted by molar-refractivity contribution is 1.17. The molecule has 10 aromatic rings. The number of rotatable bonds is 5. The number of para-hydroxylation sites is 3. The van der Waals surface area contributed by atoms with Crippen LogP contribution in [0, 0.1) is 0 Å². The largest absolute Gasteiger partial charge is 0.309 e. The van der Waals surface area contributed by atoms with Crippen LogP contribution in [0.2, 0.25) is 0 Å². The number of benzene rings is 8. The second-order valence-corrected chi connectivity index (χ2v) is 13.0. The van der Waals surface area contributed by atoms with E-state index in [4.69, 9.17) is 0 Å². The van der Waals surface area contributed by atoms with Gasteiger partial charge in [0, 0.05) is 32.9 Å². The van der Waals surface area contributed by atoms with E-state index in [0.29, 0.717) is 0 Å². The van der Waals surface area contributed by atoms with Crippen molar-refractivity contribution in [2.75, 3.05) is 0 Å². The van der Waals surface area contributed by atoms with Crippen molar-refractivity contribution in [3.05, 3.63) is 194 Å². The van der Waals surface area contributed by atoms with E-state index in [1.165, 1.54) is 82.7 Å². The average Bonchev–Trinajstić information content (AvgIpc) is 3.71. The summed E-state index contributed by atoms with van der Waals surface area (Å²) in [6, 6.07) is 70.4. The first-order valence-electron chi connectivity index (χ1n) is 17.2. The van der Waals surface area contributed by atoms with E-state index < -0.39 is 0 Å². The Bertz CT molecular complexity index is 2730. The van der Waals surface area contributed by atoms with E-state index in [9.17, 15) is 0 Å². The molecule has 0 saturated carbocycles. The molecule has 0 spiro atoms. The Morgan fingerprint density at radius 1 is 0.220 bits per heavy atom. The van der Waals surface area contributed by atoms with E-state index in [1.807, 2.05) is 0 Å². The lowest BCUT2D eigenvalue weighted by Crippen LogP contribution is -1.96. The van der Waals surface area contributed by atoms with E-state index in [1.54, 1.807) is 0 Å². The maximum atomic E-state index is 2.40. The third-order valence-electron chi connectivity index (χ3n) is 10.1. The normalized spacial score (nSPS) is 11.6. The van der Waals surface area contributed by atoms with E-state index in [-0.39, 0.29) is 0 Å².